The van der Waals surface area contributed by atoms with Gasteiger partial charge in [-0.1, -0.05) is 32.9 Å². The number of hydrogen-bond donors (Lipinski definition) is 2. The van der Waals surface area contributed by atoms with Crippen molar-refractivity contribution >= 4 is 34.7 Å². The van der Waals surface area contributed by atoms with E-state index in [0.717, 1.165) is 0 Å². The monoisotopic (exact) mass is 814 g/mol. The van der Waals surface area contributed by atoms with Gasteiger partial charge in [-0.25, -0.2) is 9.98 Å². The first-order valence-corrected chi connectivity index (χ1v) is 20.2. The van der Waals surface area contributed by atoms with Crippen LogP contribution in [0.25, 0.3) is 5.65 Å². The number of nitrogens with zero attached hydrogens (tertiary/aromatic N) is 6. The first-order chi connectivity index (χ1) is 27.3. The summed E-state index contributed by atoms with van der Waals surface area (Å²) in [6, 6.07) is -0.324. The van der Waals surface area contributed by atoms with Gasteiger partial charge in [0, 0.05) is 49.1 Å². The molecule has 0 unspecified atom stereocenters. The molecular formula is C41H62N6O11. The summed E-state index contributed by atoms with van der Waals surface area (Å²) < 4.78 is 34.2. The Kier molecular flexibility index (Phi) is 14.6. The number of esters is 1. The fourth-order valence-electron chi connectivity index (χ4n) is 8.76. The van der Waals surface area contributed by atoms with Gasteiger partial charge in [0.25, 0.3) is 0 Å². The van der Waals surface area contributed by atoms with Crippen molar-refractivity contribution in [2.75, 3.05) is 27.3 Å². The molecule has 0 aromatic carbocycles. The van der Waals surface area contributed by atoms with E-state index in [2.05, 4.69) is 20.1 Å². The fraction of sp³-hybridized carbons (Fsp3) is 0.732. The maximum absolute atomic E-state index is 14.5. The van der Waals surface area contributed by atoms with Gasteiger partial charge in [-0.3, -0.25) is 19.4 Å². The number of imidazole rings is 1. The molecule has 58 heavy (non-hydrogen) atoms. The highest BCUT2D eigenvalue weighted by molar-refractivity contribution is 6.00. The number of Topliss-reactive ketones (excluding diaryl/α,β-unsaturated/α-hetero) is 1. The topological polar surface area (TPSA) is 205 Å². The van der Waals surface area contributed by atoms with E-state index in [9.17, 15) is 24.6 Å². The summed E-state index contributed by atoms with van der Waals surface area (Å²) in [7, 11) is 3.73. The van der Waals surface area contributed by atoms with Crippen LogP contribution in [0, 0.1) is 23.7 Å². The summed E-state index contributed by atoms with van der Waals surface area (Å²) >= 11 is 0. The molecule has 2 bridgehead atoms. The fourth-order valence-corrected chi connectivity index (χ4v) is 8.76. The van der Waals surface area contributed by atoms with Crippen LogP contribution in [0.2, 0.25) is 0 Å². The minimum Gasteiger partial charge on any atom is -0.459 e. The summed E-state index contributed by atoms with van der Waals surface area (Å²) in [5.41, 5.74) is -1.34. The van der Waals surface area contributed by atoms with Crippen LogP contribution in [-0.4, -0.2) is 140 Å². The number of ether oxygens (including phenoxy) is 5. The number of aliphatic imine (C=N–C) groups is 1. The second-order valence-electron chi connectivity index (χ2n) is 16.9. The number of fused-ring (bicyclic) bond motifs is 6. The van der Waals surface area contributed by atoms with Crippen LogP contribution in [0.1, 0.15) is 87.3 Å². The number of likely N-dealkylation sites (N-methyl/N-ethyl adjacent to an activating group) is 1. The highest BCUT2D eigenvalue weighted by Crippen LogP contribution is 2.40. The van der Waals surface area contributed by atoms with Crippen LogP contribution < -0.4 is 0 Å². The number of aliphatic hydroxyl groups excluding tert-OH is 1. The lowest BCUT2D eigenvalue weighted by Gasteiger charge is -2.47. The Morgan fingerprint density at radius 2 is 1.84 bits per heavy atom. The molecule has 5 rings (SSSR count). The van der Waals surface area contributed by atoms with Crippen molar-refractivity contribution in [2.45, 2.75) is 142 Å². The molecule has 3 saturated heterocycles. The number of cyclic esters (lactones) is 1. The molecule has 17 nitrogen and oxygen atoms in total. The van der Waals surface area contributed by atoms with E-state index in [1.807, 2.05) is 32.8 Å². The van der Waals surface area contributed by atoms with E-state index in [0.29, 0.717) is 23.5 Å². The van der Waals surface area contributed by atoms with Crippen molar-refractivity contribution in [1.82, 2.24) is 19.3 Å². The highest BCUT2D eigenvalue weighted by Gasteiger charge is 2.53. The standard InChI is InChI=1S/C41H62N6O11/c1-12-31-41(9,52)37-24(4)33(43-27(7)48)22(2)16-40(8,54-20-29(19-53-37)45-55-21-28-18-47-14-13-42-17-32(47)44-28)36(25(5)34(49)26(6)38(51)57-31)58-39-35(50)30(46(10)11)15-23(3)56-39/h13-14,17-18,22-26,30-31,35-37,39,50,52H,12,15-16,19-21H2,1-11H3/b43-33+,45-29+/t22-,23-,24+,25+,26-,30+,31-,35-,36-,37-,39+,40-,41-/m1/s1. The van der Waals surface area contributed by atoms with Crippen molar-refractivity contribution < 1.29 is 53.1 Å². The summed E-state index contributed by atoms with van der Waals surface area (Å²) in [5.74, 6) is -5.33. The third kappa shape index (κ3) is 10.00. The average molecular weight is 815 g/mol. The van der Waals surface area contributed by atoms with E-state index in [-0.39, 0.29) is 50.5 Å². The third-order valence-corrected chi connectivity index (χ3v) is 11.8. The summed E-state index contributed by atoms with van der Waals surface area (Å²) in [6.07, 6.45) is 1.71. The van der Waals surface area contributed by atoms with Crippen LogP contribution in [-0.2, 0) is 49.5 Å². The minimum atomic E-state index is -1.85. The first kappa shape index (κ1) is 45.4. The number of rotatable bonds is 7. The molecule has 2 N–H and O–H groups in total. The Morgan fingerprint density at radius 3 is 2.50 bits per heavy atom. The molecule has 0 spiro atoms. The van der Waals surface area contributed by atoms with Crippen LogP contribution in [0.3, 0.4) is 0 Å². The Labute approximate surface area is 340 Å². The van der Waals surface area contributed by atoms with Crippen LogP contribution in [0.15, 0.2) is 34.9 Å². The molecule has 1 amide bonds. The normalized spacial score (nSPS) is 38.6. The molecule has 2 aromatic heterocycles. The van der Waals surface area contributed by atoms with E-state index in [1.165, 1.54) is 20.8 Å². The molecule has 0 radical (unpaired) electrons. The predicted molar refractivity (Wildman–Crippen MR) is 212 cm³/mol. The molecule has 17 heteroatoms. The van der Waals surface area contributed by atoms with Gasteiger partial charge in [0.05, 0.1) is 49.0 Å². The van der Waals surface area contributed by atoms with Gasteiger partial charge in [-0.15, -0.1) is 0 Å². The number of carbonyl (C=O) groups excluding carboxylic acids is 3. The van der Waals surface area contributed by atoms with Crippen LogP contribution >= 0.6 is 0 Å². The maximum Gasteiger partial charge on any atom is 0.316 e. The lowest BCUT2D eigenvalue weighted by molar-refractivity contribution is -0.296. The quantitative estimate of drug-likeness (QED) is 0.234. The summed E-state index contributed by atoms with van der Waals surface area (Å²) in [4.78, 5) is 62.0. The minimum absolute atomic E-state index is 0.00238. The van der Waals surface area contributed by atoms with Gasteiger partial charge in [0.15, 0.2) is 24.3 Å². The molecule has 5 heterocycles. The first-order valence-electron chi connectivity index (χ1n) is 20.2. The molecule has 3 fully saturated rings. The number of ketones is 1. The van der Waals surface area contributed by atoms with Gasteiger partial charge < -0.3 is 48.0 Å². The Balaban J connectivity index is 1.66. The molecule has 3 aliphatic rings. The number of aromatic nitrogens is 3. The number of aliphatic hydroxyl groups is 2. The molecular weight excluding hydrogens is 752 g/mol. The Hall–Kier alpha value is -3.71. The second kappa shape index (κ2) is 18.7. The molecule has 2 aromatic rings. The van der Waals surface area contributed by atoms with Crippen LogP contribution in [0.4, 0.5) is 0 Å². The van der Waals surface area contributed by atoms with Crippen LogP contribution in [0.5, 0.6) is 0 Å². The van der Waals surface area contributed by atoms with Gasteiger partial charge >= 0.3 is 5.97 Å². The van der Waals surface area contributed by atoms with E-state index in [1.54, 1.807) is 56.9 Å². The maximum atomic E-state index is 14.5. The van der Waals surface area contributed by atoms with Crippen molar-refractivity contribution in [3.8, 4) is 0 Å². The zero-order valence-electron chi connectivity index (χ0n) is 35.7. The number of amides is 1. The lowest BCUT2D eigenvalue weighted by atomic mass is 9.73. The SMILES string of the molecule is CC[C@H]1OC(=O)[C@H](C)C(=O)[C@H](C)[C@@H](O[C@@H]2O[C@H](C)C[C@H](N(C)C)[C@H]2O)[C@@]2(C)C[C@@H](C)/C(=N\C(C)=O)[C@H](C)[C@@H](OC/C(=N\OCc3cn4ccncc4n3)CO2)[C@]1(C)O. The van der Waals surface area contributed by atoms with E-state index in [4.69, 9.17) is 28.5 Å². The second-order valence-corrected chi connectivity index (χ2v) is 16.9. The van der Waals surface area contributed by atoms with Gasteiger partial charge in [-0.2, -0.15) is 0 Å². The van der Waals surface area contributed by atoms with Gasteiger partial charge in [-0.05, 0) is 67.0 Å². The molecule has 3 aliphatic heterocycles. The molecule has 322 valence electrons. The summed E-state index contributed by atoms with van der Waals surface area (Å²) in [6.45, 7) is 14.7. The van der Waals surface area contributed by atoms with Crippen molar-refractivity contribution in [3.05, 3.63) is 30.5 Å². The summed E-state index contributed by atoms with van der Waals surface area (Å²) in [5, 5.41) is 28.5. The predicted octanol–water partition coefficient (Wildman–Crippen LogP) is 3.16. The number of oxime groups is 1. The number of hydrogen-bond acceptors (Lipinski definition) is 15. The highest BCUT2D eigenvalue weighted by atomic mass is 16.7. The number of carbonyl (C=O) groups is 3. The van der Waals surface area contributed by atoms with Crippen molar-refractivity contribution in [3.63, 3.8) is 0 Å². The average Bonchev–Trinajstić information content (AvgIpc) is 3.58. The molecule has 0 aliphatic carbocycles. The molecule has 0 saturated carbocycles. The Morgan fingerprint density at radius 1 is 1.12 bits per heavy atom. The lowest BCUT2D eigenvalue weighted by Crippen LogP contribution is -2.60. The zero-order valence-corrected chi connectivity index (χ0v) is 35.7. The van der Waals surface area contributed by atoms with Gasteiger partial charge in [0.2, 0.25) is 5.91 Å². The van der Waals surface area contributed by atoms with Crippen molar-refractivity contribution in [2.24, 2.45) is 33.8 Å². The largest absolute Gasteiger partial charge is 0.459 e. The van der Waals surface area contributed by atoms with Gasteiger partial charge in [0.1, 0.15) is 29.4 Å². The van der Waals surface area contributed by atoms with E-state index >= 15 is 0 Å². The molecule has 13 atom stereocenters. The third-order valence-electron chi connectivity index (χ3n) is 11.8. The smallest absolute Gasteiger partial charge is 0.316 e. The van der Waals surface area contributed by atoms with Crippen molar-refractivity contribution in [1.29, 1.82) is 0 Å². The Bertz CT molecular complexity index is 1800. The zero-order chi connectivity index (χ0) is 42.7. The van der Waals surface area contributed by atoms with E-state index < -0.39 is 83.2 Å².